The lowest BCUT2D eigenvalue weighted by Gasteiger charge is -2.23. The Hall–Kier alpha value is -0.820. The standard InChI is InChI=1S/C18H34O.C14H28/c1-15(2)9-7-10-17(5)11-8-13-18(6,19)14-12-16(3)4;1-12(2)8-6-10-14(5)11-7-9-13(3)4/h9,11,16,19H,7-8,10,12-14H2,1-6H3;10,12-13H,6-9,11H2,1-5H3/b17-11+;14-10+. The predicted octanol–water partition coefficient (Wildman–Crippen LogP) is 10.8. The van der Waals surface area contributed by atoms with Crippen molar-refractivity contribution in [3.8, 4) is 0 Å². The highest BCUT2D eigenvalue weighted by Gasteiger charge is 2.19. The van der Waals surface area contributed by atoms with Crippen LogP contribution >= 0.6 is 0 Å². The molecule has 1 nitrogen and oxygen atoms in total. The molecule has 0 saturated carbocycles. The van der Waals surface area contributed by atoms with Crippen LogP contribution in [-0.4, -0.2) is 10.7 Å². The van der Waals surface area contributed by atoms with Crippen LogP contribution in [0.3, 0.4) is 0 Å². The van der Waals surface area contributed by atoms with Crippen molar-refractivity contribution in [2.45, 2.75) is 152 Å². The van der Waals surface area contributed by atoms with Crippen LogP contribution in [0, 0.1) is 17.8 Å². The summed E-state index contributed by atoms with van der Waals surface area (Å²) < 4.78 is 0. The summed E-state index contributed by atoms with van der Waals surface area (Å²) in [6.45, 7) is 24.4. The Morgan fingerprint density at radius 3 is 1.67 bits per heavy atom. The summed E-state index contributed by atoms with van der Waals surface area (Å²) in [5, 5.41) is 10.3. The maximum atomic E-state index is 10.3. The molecule has 196 valence electrons. The van der Waals surface area contributed by atoms with Crippen molar-refractivity contribution in [1.29, 1.82) is 0 Å². The zero-order valence-corrected chi connectivity index (χ0v) is 24.7. The number of hydrogen-bond donors (Lipinski definition) is 1. The molecule has 0 heterocycles. The van der Waals surface area contributed by atoms with Gasteiger partial charge in [-0.05, 0) is 117 Å². The third-order valence-corrected chi connectivity index (χ3v) is 6.12. The number of rotatable bonds is 16. The molecular weight excluding hydrogens is 400 g/mol. The highest BCUT2D eigenvalue weighted by molar-refractivity contribution is 5.02. The molecule has 0 amide bonds. The monoisotopic (exact) mass is 462 g/mol. The first kappa shape index (κ1) is 34.3. The smallest absolute Gasteiger partial charge is 0.0622 e. The Morgan fingerprint density at radius 1 is 0.636 bits per heavy atom. The molecule has 0 saturated heterocycles. The Balaban J connectivity index is 0. The molecule has 0 aliphatic heterocycles. The summed E-state index contributed by atoms with van der Waals surface area (Å²) in [5.74, 6) is 2.38. The molecule has 0 aromatic rings. The van der Waals surface area contributed by atoms with E-state index in [0.29, 0.717) is 5.92 Å². The van der Waals surface area contributed by atoms with E-state index in [9.17, 15) is 5.11 Å². The average Bonchev–Trinajstić information content (AvgIpc) is 2.66. The first-order valence-electron chi connectivity index (χ1n) is 13.9. The van der Waals surface area contributed by atoms with Gasteiger partial charge >= 0.3 is 0 Å². The van der Waals surface area contributed by atoms with Gasteiger partial charge < -0.3 is 5.11 Å². The average molecular weight is 463 g/mol. The molecule has 0 bridgehead atoms. The van der Waals surface area contributed by atoms with E-state index in [-0.39, 0.29) is 0 Å². The molecule has 0 radical (unpaired) electrons. The second-order valence-corrected chi connectivity index (χ2v) is 12.1. The molecule has 1 heteroatoms. The fraction of sp³-hybridized carbons (Fsp3) is 0.812. The highest BCUT2D eigenvalue weighted by atomic mass is 16.3. The summed E-state index contributed by atoms with van der Waals surface area (Å²) in [4.78, 5) is 0. The van der Waals surface area contributed by atoms with Crippen molar-refractivity contribution < 1.29 is 5.11 Å². The lowest BCUT2D eigenvalue weighted by molar-refractivity contribution is 0.0376. The Morgan fingerprint density at radius 2 is 1.15 bits per heavy atom. The van der Waals surface area contributed by atoms with Gasteiger partial charge in [0.25, 0.3) is 0 Å². The predicted molar refractivity (Wildman–Crippen MR) is 153 cm³/mol. The zero-order valence-electron chi connectivity index (χ0n) is 24.7. The van der Waals surface area contributed by atoms with Gasteiger partial charge in [-0.15, -0.1) is 0 Å². The van der Waals surface area contributed by atoms with Crippen molar-refractivity contribution in [3.63, 3.8) is 0 Å². The SMILES string of the molecule is C/C(=C\CCC(C)C)CCCC(C)C.CC(C)=CCC/C(C)=C/CCC(C)(O)CCC(C)C. The maximum Gasteiger partial charge on any atom is 0.0622 e. The molecule has 1 unspecified atom stereocenters. The third-order valence-electron chi connectivity index (χ3n) is 6.12. The van der Waals surface area contributed by atoms with Gasteiger partial charge in [0, 0.05) is 0 Å². The van der Waals surface area contributed by atoms with Crippen molar-refractivity contribution in [2.75, 3.05) is 0 Å². The molecule has 0 aliphatic rings. The van der Waals surface area contributed by atoms with Crippen molar-refractivity contribution >= 4 is 0 Å². The van der Waals surface area contributed by atoms with Gasteiger partial charge in [-0.25, -0.2) is 0 Å². The fourth-order valence-electron chi connectivity index (χ4n) is 3.60. The van der Waals surface area contributed by atoms with E-state index in [1.54, 1.807) is 5.57 Å². The van der Waals surface area contributed by atoms with Gasteiger partial charge in [0.2, 0.25) is 0 Å². The minimum Gasteiger partial charge on any atom is -0.390 e. The lowest BCUT2D eigenvalue weighted by Crippen LogP contribution is -2.24. The maximum absolute atomic E-state index is 10.3. The number of aliphatic hydroxyl groups is 1. The molecule has 1 N–H and O–H groups in total. The lowest BCUT2D eigenvalue weighted by atomic mass is 9.91. The Kier molecular flexibility index (Phi) is 21.4. The number of hydrogen-bond acceptors (Lipinski definition) is 1. The van der Waals surface area contributed by atoms with E-state index in [2.05, 4.69) is 87.5 Å². The normalized spacial score (nSPS) is 14.4. The van der Waals surface area contributed by atoms with Crippen LogP contribution in [0.4, 0.5) is 0 Å². The molecule has 0 rings (SSSR count). The van der Waals surface area contributed by atoms with Gasteiger partial charge in [0.05, 0.1) is 5.60 Å². The fourth-order valence-corrected chi connectivity index (χ4v) is 3.60. The van der Waals surface area contributed by atoms with E-state index in [1.807, 2.05) is 6.92 Å². The van der Waals surface area contributed by atoms with Crippen LogP contribution in [0.5, 0.6) is 0 Å². The van der Waals surface area contributed by atoms with Gasteiger partial charge in [-0.3, -0.25) is 0 Å². The molecule has 1 atom stereocenters. The van der Waals surface area contributed by atoms with Crippen molar-refractivity contribution in [2.24, 2.45) is 17.8 Å². The number of allylic oxidation sites excluding steroid dienone is 6. The van der Waals surface area contributed by atoms with E-state index >= 15 is 0 Å². The summed E-state index contributed by atoms with van der Waals surface area (Å²) in [6, 6.07) is 0. The summed E-state index contributed by atoms with van der Waals surface area (Å²) in [6.07, 6.45) is 19.8. The first-order chi connectivity index (χ1) is 15.2. The largest absolute Gasteiger partial charge is 0.390 e. The van der Waals surface area contributed by atoms with Crippen LogP contribution in [0.25, 0.3) is 0 Å². The van der Waals surface area contributed by atoms with Gasteiger partial charge in [0.15, 0.2) is 0 Å². The summed E-state index contributed by atoms with van der Waals surface area (Å²) >= 11 is 0. The van der Waals surface area contributed by atoms with Crippen LogP contribution < -0.4 is 0 Å². The molecule has 0 spiro atoms. The topological polar surface area (TPSA) is 20.2 Å². The second kappa shape index (κ2) is 20.5. The highest BCUT2D eigenvalue weighted by Crippen LogP contribution is 2.22. The van der Waals surface area contributed by atoms with Crippen LogP contribution in [-0.2, 0) is 0 Å². The van der Waals surface area contributed by atoms with Crippen molar-refractivity contribution in [3.05, 3.63) is 34.9 Å². The zero-order chi connectivity index (χ0) is 25.9. The second-order valence-electron chi connectivity index (χ2n) is 12.1. The molecular formula is C32H62O. The van der Waals surface area contributed by atoms with Crippen LogP contribution in [0.2, 0.25) is 0 Å². The molecule has 0 aromatic heterocycles. The Bertz CT molecular complexity index is 539. The van der Waals surface area contributed by atoms with Gasteiger partial charge in [-0.1, -0.05) is 82.9 Å². The van der Waals surface area contributed by atoms with Crippen LogP contribution in [0.15, 0.2) is 34.9 Å². The van der Waals surface area contributed by atoms with E-state index in [1.165, 1.54) is 43.3 Å². The van der Waals surface area contributed by atoms with E-state index < -0.39 is 5.60 Å². The summed E-state index contributed by atoms with van der Waals surface area (Å²) in [7, 11) is 0. The van der Waals surface area contributed by atoms with E-state index in [0.717, 1.165) is 50.4 Å². The molecule has 0 fully saturated rings. The first-order valence-corrected chi connectivity index (χ1v) is 13.9. The van der Waals surface area contributed by atoms with Crippen LogP contribution in [0.1, 0.15) is 147 Å². The molecule has 0 aliphatic carbocycles. The minimum atomic E-state index is -0.499. The Labute approximate surface area is 210 Å². The third kappa shape index (κ3) is 29.1. The van der Waals surface area contributed by atoms with Crippen molar-refractivity contribution in [1.82, 2.24) is 0 Å². The van der Waals surface area contributed by atoms with E-state index in [4.69, 9.17) is 0 Å². The molecule has 0 aromatic carbocycles. The van der Waals surface area contributed by atoms with Gasteiger partial charge in [0.1, 0.15) is 0 Å². The molecule has 33 heavy (non-hydrogen) atoms. The minimum absolute atomic E-state index is 0.499. The van der Waals surface area contributed by atoms with Gasteiger partial charge in [-0.2, -0.15) is 0 Å². The quantitative estimate of drug-likeness (QED) is 0.226. The summed E-state index contributed by atoms with van der Waals surface area (Å²) in [5.41, 5.74) is 3.92.